The number of aliphatic hydroxyl groups is 7. The predicted octanol–water partition coefficient (Wildman–Crippen LogP) is -4.15. The highest BCUT2D eigenvalue weighted by Crippen LogP contribution is 2.31. The molecule has 0 unspecified atom stereocenters. The zero-order chi connectivity index (χ0) is 20.3. The van der Waals surface area contributed by atoms with Crippen molar-refractivity contribution in [3.8, 4) is 0 Å². The Morgan fingerprint density at radius 3 is 2.04 bits per heavy atom. The van der Waals surface area contributed by atoms with Gasteiger partial charge >= 0.3 is 0 Å². The largest absolute Gasteiger partial charge is 0.394 e. The van der Waals surface area contributed by atoms with E-state index in [0.717, 1.165) is 0 Å². The van der Waals surface area contributed by atoms with Crippen molar-refractivity contribution < 1.29 is 54.7 Å². The van der Waals surface area contributed by atoms with Crippen molar-refractivity contribution >= 4 is 0 Å². The number of ether oxygens (including phenoxy) is 4. The SMILES string of the molecule is C=CCO[C@@H]1[C@@H](O)[C@@H](O)[C@H](O[C@@H]2O[C@H](CO)[C@H](O)[C@H](O)[C@H]2O)[C@H](O)[C@H]1OC. The zero-order valence-electron chi connectivity index (χ0n) is 14.8. The molecule has 27 heavy (non-hydrogen) atoms. The fraction of sp³-hybridized carbons (Fsp3) is 0.875. The van der Waals surface area contributed by atoms with Gasteiger partial charge in [0, 0.05) is 7.11 Å². The van der Waals surface area contributed by atoms with E-state index in [2.05, 4.69) is 6.58 Å². The summed E-state index contributed by atoms with van der Waals surface area (Å²) < 4.78 is 21.1. The van der Waals surface area contributed by atoms with Crippen LogP contribution < -0.4 is 0 Å². The lowest BCUT2D eigenvalue weighted by Crippen LogP contribution is -2.68. The third kappa shape index (κ3) is 4.49. The Morgan fingerprint density at radius 2 is 1.48 bits per heavy atom. The fourth-order valence-electron chi connectivity index (χ4n) is 3.31. The summed E-state index contributed by atoms with van der Waals surface area (Å²) in [6.07, 6.45) is -14.7. The van der Waals surface area contributed by atoms with E-state index in [4.69, 9.17) is 18.9 Å². The van der Waals surface area contributed by atoms with E-state index in [-0.39, 0.29) is 6.61 Å². The number of hydrogen-bond acceptors (Lipinski definition) is 11. The Morgan fingerprint density at radius 1 is 0.852 bits per heavy atom. The Hall–Kier alpha value is -0.700. The van der Waals surface area contributed by atoms with Crippen LogP contribution in [-0.4, -0.2) is 123 Å². The van der Waals surface area contributed by atoms with Crippen LogP contribution >= 0.6 is 0 Å². The average molecular weight is 396 g/mol. The normalized spacial score (nSPS) is 48.4. The fourth-order valence-corrected chi connectivity index (χ4v) is 3.31. The van der Waals surface area contributed by atoms with Crippen LogP contribution in [0.25, 0.3) is 0 Å². The molecule has 0 aromatic heterocycles. The zero-order valence-corrected chi connectivity index (χ0v) is 14.8. The molecule has 7 N–H and O–H groups in total. The van der Waals surface area contributed by atoms with Crippen LogP contribution in [0.1, 0.15) is 0 Å². The first kappa shape index (κ1) is 22.6. The van der Waals surface area contributed by atoms with Gasteiger partial charge in [0.05, 0.1) is 13.2 Å². The number of methoxy groups -OCH3 is 1. The molecule has 1 aliphatic carbocycles. The lowest BCUT2D eigenvalue weighted by Gasteiger charge is -2.47. The molecule has 1 heterocycles. The lowest BCUT2D eigenvalue weighted by molar-refractivity contribution is -0.341. The molecule has 1 saturated heterocycles. The third-order valence-electron chi connectivity index (χ3n) is 4.84. The molecule has 0 aromatic carbocycles. The summed E-state index contributed by atoms with van der Waals surface area (Å²) in [7, 11) is 1.27. The first-order chi connectivity index (χ1) is 12.8. The van der Waals surface area contributed by atoms with Gasteiger partial charge in [-0.1, -0.05) is 6.08 Å². The Bertz CT molecular complexity index is 475. The number of aliphatic hydroxyl groups excluding tert-OH is 7. The minimum Gasteiger partial charge on any atom is -0.394 e. The van der Waals surface area contributed by atoms with E-state index in [1.165, 1.54) is 13.2 Å². The second-order valence-electron chi connectivity index (χ2n) is 6.56. The Labute approximate surface area is 156 Å². The first-order valence-electron chi connectivity index (χ1n) is 8.53. The Balaban J connectivity index is 2.16. The first-order valence-corrected chi connectivity index (χ1v) is 8.53. The molecule has 0 aromatic rings. The minimum atomic E-state index is -1.73. The van der Waals surface area contributed by atoms with Crippen LogP contribution in [0.5, 0.6) is 0 Å². The van der Waals surface area contributed by atoms with Gasteiger partial charge in [-0.3, -0.25) is 0 Å². The monoisotopic (exact) mass is 396 g/mol. The summed E-state index contributed by atoms with van der Waals surface area (Å²) in [5, 5.41) is 70.1. The predicted molar refractivity (Wildman–Crippen MR) is 87.4 cm³/mol. The van der Waals surface area contributed by atoms with Crippen molar-refractivity contribution in [1.29, 1.82) is 0 Å². The molecule has 1 aliphatic heterocycles. The summed E-state index contributed by atoms with van der Waals surface area (Å²) in [4.78, 5) is 0. The van der Waals surface area contributed by atoms with Gasteiger partial charge in [-0.25, -0.2) is 0 Å². The molecule has 0 amide bonds. The molecule has 0 spiro atoms. The van der Waals surface area contributed by atoms with Crippen LogP contribution in [0, 0.1) is 0 Å². The maximum Gasteiger partial charge on any atom is 0.187 e. The second kappa shape index (κ2) is 9.67. The molecule has 0 radical (unpaired) electrons. The van der Waals surface area contributed by atoms with Gasteiger partial charge in [-0.15, -0.1) is 6.58 Å². The van der Waals surface area contributed by atoms with E-state index in [9.17, 15) is 35.7 Å². The maximum atomic E-state index is 10.5. The molecule has 1 saturated carbocycles. The van der Waals surface area contributed by atoms with Crippen molar-refractivity contribution in [2.45, 2.75) is 67.3 Å². The molecule has 11 atom stereocenters. The van der Waals surface area contributed by atoms with E-state index in [0.29, 0.717) is 0 Å². The third-order valence-corrected chi connectivity index (χ3v) is 4.84. The number of rotatable bonds is 7. The molecular formula is C16H28O11. The highest BCUT2D eigenvalue weighted by molar-refractivity contribution is 5.02. The molecular weight excluding hydrogens is 368 g/mol. The average Bonchev–Trinajstić information content (AvgIpc) is 2.66. The van der Waals surface area contributed by atoms with Crippen LogP contribution in [0.4, 0.5) is 0 Å². The van der Waals surface area contributed by atoms with Crippen molar-refractivity contribution in [1.82, 2.24) is 0 Å². The van der Waals surface area contributed by atoms with Gasteiger partial charge in [0.15, 0.2) is 6.29 Å². The van der Waals surface area contributed by atoms with Crippen molar-refractivity contribution in [2.75, 3.05) is 20.3 Å². The van der Waals surface area contributed by atoms with Crippen LogP contribution in [0.15, 0.2) is 12.7 Å². The molecule has 0 bridgehead atoms. The quantitative estimate of drug-likeness (QED) is 0.208. The van der Waals surface area contributed by atoms with Gasteiger partial charge in [0.25, 0.3) is 0 Å². The highest BCUT2D eigenvalue weighted by Gasteiger charge is 2.53. The topological polar surface area (TPSA) is 179 Å². The van der Waals surface area contributed by atoms with Crippen LogP contribution in [0.2, 0.25) is 0 Å². The van der Waals surface area contributed by atoms with E-state index in [1.807, 2.05) is 0 Å². The van der Waals surface area contributed by atoms with E-state index < -0.39 is 73.9 Å². The van der Waals surface area contributed by atoms with Crippen LogP contribution in [-0.2, 0) is 18.9 Å². The lowest BCUT2D eigenvalue weighted by atomic mass is 9.84. The van der Waals surface area contributed by atoms with Gasteiger partial charge < -0.3 is 54.7 Å². The highest BCUT2D eigenvalue weighted by atomic mass is 16.7. The molecule has 2 fully saturated rings. The van der Waals surface area contributed by atoms with Crippen molar-refractivity contribution in [3.63, 3.8) is 0 Å². The Kier molecular flexibility index (Phi) is 8.09. The molecule has 2 rings (SSSR count). The summed E-state index contributed by atoms with van der Waals surface area (Å²) >= 11 is 0. The van der Waals surface area contributed by atoms with Gasteiger partial charge in [-0.2, -0.15) is 0 Å². The summed E-state index contributed by atoms with van der Waals surface area (Å²) in [6, 6.07) is 0. The van der Waals surface area contributed by atoms with Crippen molar-refractivity contribution in [2.24, 2.45) is 0 Å². The van der Waals surface area contributed by atoms with E-state index >= 15 is 0 Å². The summed E-state index contributed by atoms with van der Waals surface area (Å²) in [6.45, 7) is 2.86. The summed E-state index contributed by atoms with van der Waals surface area (Å²) in [5.41, 5.74) is 0. The van der Waals surface area contributed by atoms with Gasteiger partial charge in [-0.05, 0) is 0 Å². The molecule has 158 valence electrons. The number of hydrogen-bond donors (Lipinski definition) is 7. The van der Waals surface area contributed by atoms with E-state index in [1.54, 1.807) is 0 Å². The smallest absolute Gasteiger partial charge is 0.187 e. The molecule has 11 nitrogen and oxygen atoms in total. The minimum absolute atomic E-state index is 0.0409. The maximum absolute atomic E-state index is 10.5. The van der Waals surface area contributed by atoms with Gasteiger partial charge in [0.1, 0.15) is 61.0 Å². The van der Waals surface area contributed by atoms with Crippen molar-refractivity contribution in [3.05, 3.63) is 12.7 Å². The van der Waals surface area contributed by atoms with Gasteiger partial charge in [0.2, 0.25) is 0 Å². The standard InChI is InChI=1S/C16H28O11/c1-3-4-25-15-10(21)9(20)13(12(23)14(15)24-2)27-16-11(22)8(19)7(18)6(5-17)26-16/h3,6-23H,1,4-5H2,2H3/t6-,7+,8+,9-,10+,11-,12+,13+,14-,15-,16+/m1/s1. The molecule has 2 aliphatic rings. The molecule has 11 heteroatoms. The van der Waals surface area contributed by atoms with Crippen LogP contribution in [0.3, 0.4) is 0 Å². The second-order valence-corrected chi connectivity index (χ2v) is 6.56. The summed E-state index contributed by atoms with van der Waals surface area (Å²) in [5.74, 6) is 0.